The highest BCUT2D eigenvalue weighted by atomic mass is 16.6. The molecule has 0 atom stereocenters. The molecule has 1 amide bonds. The summed E-state index contributed by atoms with van der Waals surface area (Å²) >= 11 is 0. The second-order valence-electron chi connectivity index (χ2n) is 4.89. The zero-order valence-corrected chi connectivity index (χ0v) is 13.0. The minimum absolute atomic E-state index is 0.350. The third kappa shape index (κ3) is 5.47. The van der Waals surface area contributed by atoms with Crippen molar-refractivity contribution in [1.82, 2.24) is 0 Å². The number of hydrogen-bond donors (Lipinski definition) is 1. The maximum Gasteiger partial charge on any atom is 0.417 e. The van der Waals surface area contributed by atoms with E-state index in [1.807, 2.05) is 25.1 Å². The second-order valence-corrected chi connectivity index (χ2v) is 4.89. The number of rotatable bonds is 6. The number of ether oxygens (including phenoxy) is 2. The van der Waals surface area contributed by atoms with E-state index in [9.17, 15) is 9.59 Å². The fraction of sp³-hybridized carbons (Fsp3) is 0.222. The van der Waals surface area contributed by atoms with Crippen LogP contribution in [0.3, 0.4) is 0 Å². The van der Waals surface area contributed by atoms with Crippen LogP contribution in [0.1, 0.15) is 30.1 Å². The van der Waals surface area contributed by atoms with Crippen LogP contribution < -0.4 is 10.1 Å². The molecule has 23 heavy (non-hydrogen) atoms. The lowest BCUT2D eigenvalue weighted by molar-refractivity contribution is 0.0499. The smallest absolute Gasteiger partial charge is 0.417 e. The molecule has 0 saturated carbocycles. The van der Waals surface area contributed by atoms with Crippen LogP contribution in [0.2, 0.25) is 0 Å². The van der Waals surface area contributed by atoms with Gasteiger partial charge < -0.3 is 9.47 Å². The lowest BCUT2D eigenvalue weighted by Gasteiger charge is -2.07. The number of amides is 1. The van der Waals surface area contributed by atoms with Crippen molar-refractivity contribution in [2.24, 2.45) is 0 Å². The fourth-order valence-corrected chi connectivity index (χ4v) is 1.82. The number of nitrogens with one attached hydrogen (secondary N) is 1. The van der Waals surface area contributed by atoms with E-state index in [1.54, 1.807) is 36.4 Å². The summed E-state index contributed by atoms with van der Waals surface area (Å²) in [5.74, 6) is -0.0257. The van der Waals surface area contributed by atoms with Gasteiger partial charge >= 0.3 is 12.1 Å². The van der Waals surface area contributed by atoms with Gasteiger partial charge in [0.2, 0.25) is 0 Å². The van der Waals surface area contributed by atoms with Gasteiger partial charge in [-0.05, 0) is 42.8 Å². The van der Waals surface area contributed by atoms with Crippen LogP contribution in [0.15, 0.2) is 54.6 Å². The SMILES string of the molecule is CCCCOC(=O)c1ccc(OC(=O)Nc2ccccc2)cc1. The van der Waals surface area contributed by atoms with Crippen LogP contribution in [0.4, 0.5) is 10.5 Å². The van der Waals surface area contributed by atoms with Gasteiger partial charge in [-0.15, -0.1) is 0 Å². The molecule has 0 unspecified atom stereocenters. The summed E-state index contributed by atoms with van der Waals surface area (Å²) in [5, 5.41) is 2.61. The molecule has 120 valence electrons. The van der Waals surface area contributed by atoms with Crippen LogP contribution in [0.5, 0.6) is 5.75 Å². The maximum atomic E-state index is 11.8. The lowest BCUT2D eigenvalue weighted by Crippen LogP contribution is -2.16. The van der Waals surface area contributed by atoms with Gasteiger partial charge in [0, 0.05) is 5.69 Å². The molecule has 0 aliphatic rings. The molecule has 5 heteroatoms. The molecular weight excluding hydrogens is 294 g/mol. The van der Waals surface area contributed by atoms with Gasteiger partial charge in [-0.25, -0.2) is 9.59 Å². The van der Waals surface area contributed by atoms with E-state index in [-0.39, 0.29) is 5.97 Å². The van der Waals surface area contributed by atoms with E-state index in [1.165, 1.54) is 0 Å². The third-order valence-electron chi connectivity index (χ3n) is 3.05. The Morgan fingerprint density at radius 2 is 1.70 bits per heavy atom. The van der Waals surface area contributed by atoms with E-state index >= 15 is 0 Å². The van der Waals surface area contributed by atoms with Gasteiger partial charge in [0.25, 0.3) is 0 Å². The van der Waals surface area contributed by atoms with E-state index in [0.717, 1.165) is 12.8 Å². The number of benzene rings is 2. The zero-order valence-electron chi connectivity index (χ0n) is 13.0. The standard InChI is InChI=1S/C18H19NO4/c1-2-3-13-22-17(20)14-9-11-16(12-10-14)23-18(21)19-15-7-5-4-6-8-15/h4-12H,2-3,13H2,1H3,(H,19,21). The number of unbranched alkanes of at least 4 members (excludes halogenated alkanes) is 1. The highest BCUT2D eigenvalue weighted by molar-refractivity contribution is 5.90. The van der Waals surface area contributed by atoms with Gasteiger partial charge in [-0.3, -0.25) is 5.32 Å². The summed E-state index contributed by atoms with van der Waals surface area (Å²) in [5.41, 5.74) is 1.07. The Morgan fingerprint density at radius 1 is 1.00 bits per heavy atom. The van der Waals surface area contributed by atoms with E-state index < -0.39 is 6.09 Å². The first-order chi connectivity index (χ1) is 11.2. The van der Waals surface area contributed by atoms with E-state index in [2.05, 4.69) is 5.32 Å². The maximum absolute atomic E-state index is 11.8. The topological polar surface area (TPSA) is 64.6 Å². The molecule has 0 aromatic heterocycles. The average molecular weight is 313 g/mol. The van der Waals surface area contributed by atoms with Gasteiger partial charge in [-0.2, -0.15) is 0 Å². The molecule has 0 saturated heterocycles. The lowest BCUT2D eigenvalue weighted by atomic mass is 10.2. The molecule has 0 heterocycles. The molecule has 0 spiro atoms. The molecular formula is C18H19NO4. The Hall–Kier alpha value is -2.82. The predicted octanol–water partition coefficient (Wildman–Crippen LogP) is 4.25. The summed E-state index contributed by atoms with van der Waals surface area (Å²) in [4.78, 5) is 23.5. The van der Waals surface area contributed by atoms with Crippen molar-refractivity contribution in [1.29, 1.82) is 0 Å². The minimum Gasteiger partial charge on any atom is -0.462 e. The minimum atomic E-state index is -0.588. The first-order valence-electron chi connectivity index (χ1n) is 7.50. The quantitative estimate of drug-likeness (QED) is 0.639. The van der Waals surface area contributed by atoms with Gasteiger partial charge in [0.05, 0.1) is 12.2 Å². The number of hydrogen-bond acceptors (Lipinski definition) is 4. The average Bonchev–Trinajstić information content (AvgIpc) is 2.56. The first-order valence-corrected chi connectivity index (χ1v) is 7.50. The monoisotopic (exact) mass is 313 g/mol. The third-order valence-corrected chi connectivity index (χ3v) is 3.05. The predicted molar refractivity (Wildman–Crippen MR) is 87.7 cm³/mol. The Labute approximate surface area is 135 Å². The van der Waals surface area contributed by atoms with Crippen LogP contribution in [0.25, 0.3) is 0 Å². The first kappa shape index (κ1) is 16.5. The molecule has 2 aromatic carbocycles. The van der Waals surface area contributed by atoms with Crippen LogP contribution >= 0.6 is 0 Å². The van der Waals surface area contributed by atoms with Crippen molar-refractivity contribution in [2.45, 2.75) is 19.8 Å². The molecule has 2 aromatic rings. The van der Waals surface area contributed by atoms with Crippen molar-refractivity contribution >= 4 is 17.7 Å². The normalized spacial score (nSPS) is 9.96. The molecule has 2 rings (SSSR count). The van der Waals surface area contributed by atoms with E-state index in [4.69, 9.17) is 9.47 Å². The largest absolute Gasteiger partial charge is 0.462 e. The Kier molecular flexibility index (Phi) is 6.17. The fourth-order valence-electron chi connectivity index (χ4n) is 1.82. The van der Waals surface area contributed by atoms with Crippen LogP contribution in [-0.4, -0.2) is 18.7 Å². The molecule has 0 radical (unpaired) electrons. The molecule has 0 aliphatic carbocycles. The van der Waals surface area contributed by atoms with Crippen molar-refractivity contribution in [3.63, 3.8) is 0 Å². The molecule has 5 nitrogen and oxygen atoms in total. The Balaban J connectivity index is 1.87. The number of carbonyl (C=O) groups is 2. The van der Waals surface area contributed by atoms with Crippen LogP contribution in [0, 0.1) is 0 Å². The van der Waals surface area contributed by atoms with Crippen molar-refractivity contribution in [3.8, 4) is 5.75 Å². The number of anilines is 1. The zero-order chi connectivity index (χ0) is 16.5. The summed E-state index contributed by atoms with van der Waals surface area (Å²) in [6, 6.07) is 15.3. The van der Waals surface area contributed by atoms with Crippen molar-refractivity contribution < 1.29 is 19.1 Å². The van der Waals surface area contributed by atoms with E-state index in [0.29, 0.717) is 23.6 Å². The molecule has 0 bridgehead atoms. The molecule has 0 aliphatic heterocycles. The highest BCUT2D eigenvalue weighted by Crippen LogP contribution is 2.14. The number of esters is 1. The van der Waals surface area contributed by atoms with Gasteiger partial charge in [0.1, 0.15) is 5.75 Å². The number of carbonyl (C=O) groups excluding carboxylic acids is 2. The highest BCUT2D eigenvalue weighted by Gasteiger charge is 2.09. The Morgan fingerprint density at radius 3 is 2.35 bits per heavy atom. The summed E-state index contributed by atoms with van der Waals surface area (Å²) in [6.07, 6.45) is 1.22. The second kappa shape index (κ2) is 8.58. The molecule has 0 fully saturated rings. The summed E-state index contributed by atoms with van der Waals surface area (Å²) in [6.45, 7) is 2.44. The molecule has 1 N–H and O–H groups in total. The van der Waals surface area contributed by atoms with Crippen molar-refractivity contribution in [2.75, 3.05) is 11.9 Å². The Bertz CT molecular complexity index is 638. The van der Waals surface area contributed by atoms with Crippen molar-refractivity contribution in [3.05, 3.63) is 60.2 Å². The van der Waals surface area contributed by atoms with Crippen LogP contribution in [-0.2, 0) is 4.74 Å². The number of para-hydroxylation sites is 1. The summed E-state index contributed by atoms with van der Waals surface area (Å²) < 4.78 is 10.3. The van der Waals surface area contributed by atoms with Gasteiger partial charge in [-0.1, -0.05) is 31.5 Å². The summed E-state index contributed by atoms with van der Waals surface area (Å²) in [7, 11) is 0. The van der Waals surface area contributed by atoms with Gasteiger partial charge in [0.15, 0.2) is 0 Å².